The average Bonchev–Trinajstić information content (AvgIpc) is 2.41. The Morgan fingerprint density at radius 3 is 2.53 bits per heavy atom. The minimum Gasteiger partial charge on any atom is -0.314 e. The van der Waals surface area contributed by atoms with Gasteiger partial charge in [-0.15, -0.1) is 11.3 Å². The van der Waals surface area contributed by atoms with Crippen LogP contribution in [0.2, 0.25) is 0 Å². The first kappa shape index (κ1) is 11.0. The fourth-order valence-corrected chi connectivity index (χ4v) is 3.03. The molecule has 0 radical (unpaired) electrons. The molecule has 1 saturated heterocycles. The van der Waals surface area contributed by atoms with E-state index in [1.54, 1.807) is 0 Å². The van der Waals surface area contributed by atoms with Crippen molar-refractivity contribution < 1.29 is 0 Å². The molecule has 0 aromatic carbocycles. The summed E-state index contributed by atoms with van der Waals surface area (Å²) in [5.74, 6) is 0. The third-order valence-electron chi connectivity index (χ3n) is 3.27. The van der Waals surface area contributed by atoms with Crippen LogP contribution in [0, 0.1) is 13.8 Å². The van der Waals surface area contributed by atoms with E-state index in [0.29, 0.717) is 12.1 Å². The molecule has 84 valence electrons. The summed E-state index contributed by atoms with van der Waals surface area (Å²) in [5, 5.41) is 4.49. The first-order valence-corrected chi connectivity index (χ1v) is 6.28. The molecule has 1 aromatic heterocycles. The van der Waals surface area contributed by atoms with Gasteiger partial charge in [-0.1, -0.05) is 0 Å². The second-order valence-corrected chi connectivity index (χ2v) is 5.57. The minimum absolute atomic E-state index is 0.489. The van der Waals surface area contributed by atoms with Crippen LogP contribution in [0.1, 0.15) is 28.5 Å². The summed E-state index contributed by atoms with van der Waals surface area (Å²) < 4.78 is 0. The molecule has 0 bridgehead atoms. The molecular weight excluding hydrogens is 206 g/mol. The lowest BCUT2D eigenvalue weighted by atomic mass is 10.1. The molecule has 0 aliphatic carbocycles. The number of likely N-dealkylation sites (N-methyl/N-ethyl adjacent to an activating group) is 1. The number of nitrogens with zero attached hydrogens (tertiary/aromatic N) is 2. The van der Waals surface area contributed by atoms with E-state index in [1.807, 2.05) is 11.3 Å². The summed E-state index contributed by atoms with van der Waals surface area (Å²) in [6.45, 7) is 8.72. The summed E-state index contributed by atoms with van der Waals surface area (Å²) in [6, 6.07) is 1.19. The van der Waals surface area contributed by atoms with Crippen molar-refractivity contribution in [1.82, 2.24) is 15.2 Å². The number of nitrogens with one attached hydrogen (secondary N) is 1. The van der Waals surface area contributed by atoms with E-state index in [2.05, 4.69) is 43.0 Å². The molecule has 1 aliphatic rings. The second-order valence-electron chi connectivity index (χ2n) is 4.34. The summed E-state index contributed by atoms with van der Waals surface area (Å²) in [7, 11) is 2.21. The molecule has 3 nitrogen and oxygen atoms in total. The van der Waals surface area contributed by atoms with Gasteiger partial charge in [0, 0.05) is 30.1 Å². The van der Waals surface area contributed by atoms with Gasteiger partial charge in [-0.3, -0.25) is 4.90 Å². The van der Waals surface area contributed by atoms with E-state index in [4.69, 9.17) is 0 Å². The van der Waals surface area contributed by atoms with Crippen molar-refractivity contribution in [1.29, 1.82) is 0 Å². The lowest BCUT2D eigenvalue weighted by Crippen LogP contribution is -2.56. The molecule has 4 heteroatoms. The number of aromatic nitrogens is 1. The first-order valence-electron chi connectivity index (χ1n) is 5.46. The van der Waals surface area contributed by atoms with E-state index in [-0.39, 0.29) is 0 Å². The SMILES string of the molecule is Cc1nc(C)c(C(C)N(C)C2CNC2)s1. The van der Waals surface area contributed by atoms with Crippen molar-refractivity contribution in [3.63, 3.8) is 0 Å². The maximum absolute atomic E-state index is 4.49. The fourth-order valence-electron chi connectivity index (χ4n) is 2.00. The quantitative estimate of drug-likeness (QED) is 0.849. The third-order valence-corrected chi connectivity index (χ3v) is 4.51. The van der Waals surface area contributed by atoms with Gasteiger partial charge in [0.1, 0.15) is 0 Å². The molecule has 1 N–H and O–H groups in total. The van der Waals surface area contributed by atoms with Crippen LogP contribution in [0.25, 0.3) is 0 Å². The number of thiazole rings is 1. The number of rotatable bonds is 3. The van der Waals surface area contributed by atoms with Crippen molar-refractivity contribution in [2.45, 2.75) is 32.9 Å². The van der Waals surface area contributed by atoms with Crippen LogP contribution in [0.15, 0.2) is 0 Å². The summed E-state index contributed by atoms with van der Waals surface area (Å²) in [5.41, 5.74) is 1.20. The van der Waals surface area contributed by atoms with Gasteiger partial charge >= 0.3 is 0 Å². The molecule has 1 aromatic rings. The molecule has 1 fully saturated rings. The van der Waals surface area contributed by atoms with Gasteiger partial charge in [0.05, 0.1) is 10.7 Å². The van der Waals surface area contributed by atoms with Crippen LogP contribution in [0.5, 0.6) is 0 Å². The lowest BCUT2D eigenvalue weighted by Gasteiger charge is -2.39. The van der Waals surface area contributed by atoms with Gasteiger partial charge in [-0.05, 0) is 27.8 Å². The van der Waals surface area contributed by atoms with Gasteiger partial charge in [-0.2, -0.15) is 0 Å². The zero-order valence-corrected chi connectivity index (χ0v) is 10.7. The third kappa shape index (κ3) is 2.07. The molecule has 0 amide bonds. The van der Waals surface area contributed by atoms with Gasteiger partial charge in [0.15, 0.2) is 0 Å². The largest absolute Gasteiger partial charge is 0.314 e. The standard InChI is InChI=1S/C11H19N3S/c1-7-11(15-9(3)13-7)8(2)14(4)10-5-12-6-10/h8,10,12H,5-6H2,1-4H3. The van der Waals surface area contributed by atoms with Crippen LogP contribution in [-0.4, -0.2) is 36.1 Å². The molecule has 2 heterocycles. The van der Waals surface area contributed by atoms with Crippen molar-refractivity contribution >= 4 is 11.3 Å². The Morgan fingerprint density at radius 2 is 2.13 bits per heavy atom. The smallest absolute Gasteiger partial charge is 0.0900 e. The van der Waals surface area contributed by atoms with Crippen LogP contribution in [0.3, 0.4) is 0 Å². The molecule has 1 unspecified atom stereocenters. The molecular formula is C11H19N3S. The van der Waals surface area contributed by atoms with Gasteiger partial charge in [-0.25, -0.2) is 4.98 Å². The van der Waals surface area contributed by atoms with E-state index >= 15 is 0 Å². The highest BCUT2D eigenvalue weighted by molar-refractivity contribution is 7.11. The predicted octanol–water partition coefficient (Wildman–Crippen LogP) is 1.72. The Kier molecular flexibility index (Phi) is 3.09. The Bertz CT molecular complexity index is 344. The highest BCUT2D eigenvalue weighted by atomic mass is 32.1. The van der Waals surface area contributed by atoms with Crippen molar-refractivity contribution in [2.75, 3.05) is 20.1 Å². The Labute approximate surface area is 95.5 Å². The van der Waals surface area contributed by atoms with Crippen LogP contribution < -0.4 is 5.32 Å². The first-order chi connectivity index (χ1) is 7.09. The van der Waals surface area contributed by atoms with E-state index in [0.717, 1.165) is 13.1 Å². The monoisotopic (exact) mass is 225 g/mol. The Morgan fingerprint density at radius 1 is 1.47 bits per heavy atom. The highest BCUT2D eigenvalue weighted by Crippen LogP contribution is 2.29. The maximum atomic E-state index is 4.49. The fraction of sp³-hybridized carbons (Fsp3) is 0.727. The Balaban J connectivity index is 2.12. The van der Waals surface area contributed by atoms with E-state index in [9.17, 15) is 0 Å². The van der Waals surface area contributed by atoms with Gasteiger partial charge in [0.25, 0.3) is 0 Å². The summed E-state index contributed by atoms with van der Waals surface area (Å²) >= 11 is 1.83. The van der Waals surface area contributed by atoms with E-state index < -0.39 is 0 Å². The molecule has 0 saturated carbocycles. The van der Waals surface area contributed by atoms with Gasteiger partial charge < -0.3 is 5.32 Å². The van der Waals surface area contributed by atoms with Crippen LogP contribution >= 0.6 is 11.3 Å². The molecule has 1 aliphatic heterocycles. The number of aryl methyl sites for hydroxylation is 2. The second kappa shape index (κ2) is 4.20. The molecule has 0 spiro atoms. The number of hydrogen-bond donors (Lipinski definition) is 1. The zero-order valence-electron chi connectivity index (χ0n) is 9.87. The van der Waals surface area contributed by atoms with Crippen molar-refractivity contribution in [3.05, 3.63) is 15.6 Å². The average molecular weight is 225 g/mol. The molecule has 15 heavy (non-hydrogen) atoms. The molecule has 2 rings (SSSR count). The van der Waals surface area contributed by atoms with Gasteiger partial charge in [0.2, 0.25) is 0 Å². The minimum atomic E-state index is 0.489. The predicted molar refractivity (Wildman–Crippen MR) is 64.4 cm³/mol. The summed E-state index contributed by atoms with van der Waals surface area (Å²) in [4.78, 5) is 8.37. The zero-order chi connectivity index (χ0) is 11.0. The van der Waals surface area contributed by atoms with E-state index in [1.165, 1.54) is 15.6 Å². The van der Waals surface area contributed by atoms with Crippen LogP contribution in [0.4, 0.5) is 0 Å². The normalized spacial score (nSPS) is 19.3. The van der Waals surface area contributed by atoms with Crippen molar-refractivity contribution in [2.24, 2.45) is 0 Å². The summed E-state index contributed by atoms with van der Waals surface area (Å²) in [6.07, 6.45) is 0. The maximum Gasteiger partial charge on any atom is 0.0900 e. The lowest BCUT2D eigenvalue weighted by molar-refractivity contribution is 0.138. The topological polar surface area (TPSA) is 28.2 Å². The highest BCUT2D eigenvalue weighted by Gasteiger charge is 2.27. The molecule has 1 atom stereocenters. The van der Waals surface area contributed by atoms with Crippen LogP contribution in [-0.2, 0) is 0 Å². The van der Waals surface area contributed by atoms with Crippen molar-refractivity contribution in [3.8, 4) is 0 Å². The Hall–Kier alpha value is -0.450. The number of hydrogen-bond acceptors (Lipinski definition) is 4.